The average Bonchev–Trinajstić information content (AvgIpc) is 3.63. The second-order valence-electron chi connectivity index (χ2n) is 10.8. The fourth-order valence-corrected chi connectivity index (χ4v) is 6.17. The molecule has 210 valence electrons. The van der Waals surface area contributed by atoms with Crippen LogP contribution in [0, 0.1) is 0 Å². The van der Waals surface area contributed by atoms with E-state index in [9.17, 15) is 4.11 Å². The molecule has 1 heterocycles. The number of rotatable bonds is 4. The first-order valence-electron chi connectivity index (χ1n) is 20.0. The monoisotopic (exact) mass is 583 g/mol. The molecule has 0 aliphatic rings. The van der Waals surface area contributed by atoms with Crippen molar-refractivity contribution in [1.82, 2.24) is 0 Å². The smallest absolute Gasteiger partial charge is 0.136 e. The molecule has 1 aromatic heterocycles. The maximum atomic E-state index is 9.58. The molecule has 0 spiro atoms. The predicted molar refractivity (Wildman–Crippen MR) is 190 cm³/mol. The average molecular weight is 584 g/mol. The summed E-state index contributed by atoms with van der Waals surface area (Å²) in [6.07, 6.45) is 0. The largest absolute Gasteiger partial charge is 0.456 e. The Morgan fingerprint density at radius 3 is 1.40 bits per heavy atom. The molecule has 0 saturated heterocycles. The van der Waals surface area contributed by atoms with Gasteiger partial charge >= 0.3 is 0 Å². The van der Waals surface area contributed by atoms with E-state index < -0.39 is 18.1 Å². The molecule has 9 rings (SSSR count). The third-order valence-electron chi connectivity index (χ3n) is 8.22. The zero-order valence-electron chi connectivity index (χ0n) is 34.7. The SMILES string of the molecule is [2H]c1c([2H])c([2H])c(-c2ccc(-c3c4ccccc4c(-c4c([2H])c([2H])c5c(oc6c([2H])c(-c7ccccc7)c([2H])c([2H])c65)c4[2H])c4ccccc34)cc2)c([2H])c1[2H]. The van der Waals surface area contributed by atoms with Crippen LogP contribution in [0.4, 0.5) is 0 Å². The van der Waals surface area contributed by atoms with Crippen molar-refractivity contribution in [2.24, 2.45) is 0 Å². The number of fused-ring (bicyclic) bond motifs is 5. The van der Waals surface area contributed by atoms with Gasteiger partial charge in [0.05, 0.1) is 15.1 Å². The van der Waals surface area contributed by atoms with Crippen LogP contribution in [0.15, 0.2) is 174 Å². The quantitative estimate of drug-likeness (QED) is 0.188. The van der Waals surface area contributed by atoms with E-state index in [2.05, 4.69) is 0 Å². The van der Waals surface area contributed by atoms with E-state index in [0.717, 1.165) is 21.9 Å². The van der Waals surface area contributed by atoms with Crippen LogP contribution < -0.4 is 0 Å². The first-order chi connectivity index (χ1) is 26.9. The van der Waals surface area contributed by atoms with Gasteiger partial charge in [-0.2, -0.15) is 0 Å². The zero-order chi connectivity index (χ0) is 39.3. The standard InChI is InChI=1S/C44H28O/c1-3-11-29(12-4-1)31-19-21-32(22-20-31)43-37-15-7-9-17-39(37)44(40-18-10-8-16-38(40)43)34-24-26-36-35-25-23-33(30-13-5-2-6-14-30)27-41(35)45-42(36)28-34/h1-28H/i1D,3D,4D,11D,12D,23D,24D,25D,26D,27D,28D. The van der Waals surface area contributed by atoms with Crippen LogP contribution in [0.1, 0.15) is 15.1 Å². The van der Waals surface area contributed by atoms with Gasteiger partial charge in [0.2, 0.25) is 0 Å². The fraction of sp³-hybridized carbons (Fsp3) is 0. The minimum atomic E-state index is -0.455. The van der Waals surface area contributed by atoms with E-state index in [0.29, 0.717) is 27.5 Å². The molecule has 9 aromatic rings. The highest BCUT2D eigenvalue weighted by Crippen LogP contribution is 2.45. The van der Waals surface area contributed by atoms with Gasteiger partial charge in [-0.15, -0.1) is 0 Å². The summed E-state index contributed by atoms with van der Waals surface area (Å²) in [4.78, 5) is 0. The van der Waals surface area contributed by atoms with Gasteiger partial charge in [-0.1, -0.05) is 145 Å². The molecule has 0 saturated carbocycles. The van der Waals surface area contributed by atoms with Gasteiger partial charge in [-0.3, -0.25) is 0 Å². The summed E-state index contributed by atoms with van der Waals surface area (Å²) in [5.41, 5.74) is 3.63. The van der Waals surface area contributed by atoms with Crippen LogP contribution in [0.5, 0.6) is 0 Å². The third-order valence-corrected chi connectivity index (χ3v) is 8.22. The lowest BCUT2D eigenvalue weighted by atomic mass is 9.85. The lowest BCUT2D eigenvalue weighted by Gasteiger charge is -2.18. The number of furan rings is 1. The molecule has 0 N–H and O–H groups in total. The van der Waals surface area contributed by atoms with Crippen molar-refractivity contribution >= 4 is 43.5 Å². The van der Waals surface area contributed by atoms with E-state index in [1.165, 1.54) is 0 Å². The molecule has 1 nitrogen and oxygen atoms in total. The van der Waals surface area contributed by atoms with Gasteiger partial charge in [0.15, 0.2) is 0 Å². The molecule has 0 atom stereocenters. The van der Waals surface area contributed by atoms with Crippen LogP contribution in [-0.4, -0.2) is 0 Å². The number of hydrogen-bond acceptors (Lipinski definition) is 1. The highest BCUT2D eigenvalue weighted by molar-refractivity contribution is 6.22. The molecule has 0 radical (unpaired) electrons. The Kier molecular flexibility index (Phi) is 3.87. The van der Waals surface area contributed by atoms with E-state index in [-0.39, 0.29) is 87.0 Å². The maximum Gasteiger partial charge on any atom is 0.136 e. The molecular weight excluding hydrogens is 544 g/mol. The Labute approximate surface area is 277 Å². The Hall–Kier alpha value is -5.92. The minimum absolute atomic E-state index is 0.0180. The summed E-state index contributed by atoms with van der Waals surface area (Å²) in [5.74, 6) is 0. The molecule has 0 amide bonds. The minimum Gasteiger partial charge on any atom is -0.456 e. The van der Waals surface area contributed by atoms with Crippen molar-refractivity contribution in [2.75, 3.05) is 0 Å². The van der Waals surface area contributed by atoms with Crippen LogP contribution in [-0.2, 0) is 0 Å². The van der Waals surface area contributed by atoms with Crippen molar-refractivity contribution in [3.63, 3.8) is 0 Å². The summed E-state index contributed by atoms with van der Waals surface area (Å²) in [6.45, 7) is 0. The predicted octanol–water partition coefficient (Wildman–Crippen LogP) is 12.6. The summed E-state index contributed by atoms with van der Waals surface area (Å²) >= 11 is 0. The van der Waals surface area contributed by atoms with Gasteiger partial charge in [0.1, 0.15) is 11.2 Å². The highest BCUT2D eigenvalue weighted by Gasteiger charge is 2.18. The van der Waals surface area contributed by atoms with E-state index >= 15 is 0 Å². The van der Waals surface area contributed by atoms with E-state index in [1.54, 1.807) is 36.4 Å². The summed E-state index contributed by atoms with van der Waals surface area (Å²) in [5, 5.41) is 3.10. The summed E-state index contributed by atoms with van der Waals surface area (Å²) in [6, 6.07) is 28.1. The zero-order valence-corrected chi connectivity index (χ0v) is 23.7. The van der Waals surface area contributed by atoms with Crippen LogP contribution in [0.25, 0.3) is 88.0 Å². The second kappa shape index (κ2) is 10.4. The molecule has 45 heavy (non-hydrogen) atoms. The van der Waals surface area contributed by atoms with Gasteiger partial charge in [0, 0.05) is 10.8 Å². The Balaban J connectivity index is 1.31. The van der Waals surface area contributed by atoms with Gasteiger partial charge in [-0.25, -0.2) is 0 Å². The Bertz CT molecular complexity index is 3050. The lowest BCUT2D eigenvalue weighted by Crippen LogP contribution is -1.91. The molecule has 0 unspecified atom stereocenters. The van der Waals surface area contributed by atoms with Crippen LogP contribution in [0.2, 0.25) is 0 Å². The summed E-state index contributed by atoms with van der Waals surface area (Å²) < 4.78 is 103. The van der Waals surface area contributed by atoms with Crippen molar-refractivity contribution < 1.29 is 19.5 Å². The van der Waals surface area contributed by atoms with Crippen LogP contribution >= 0.6 is 0 Å². The van der Waals surface area contributed by atoms with Gasteiger partial charge in [0.25, 0.3) is 0 Å². The first kappa shape index (κ1) is 16.8. The molecule has 0 aliphatic carbocycles. The topological polar surface area (TPSA) is 13.1 Å². The maximum absolute atomic E-state index is 9.58. The van der Waals surface area contributed by atoms with Crippen molar-refractivity contribution in [2.45, 2.75) is 0 Å². The van der Waals surface area contributed by atoms with Gasteiger partial charge in [-0.05, 0) is 90.2 Å². The Morgan fingerprint density at radius 1 is 0.333 bits per heavy atom. The molecule has 0 bridgehead atoms. The van der Waals surface area contributed by atoms with Crippen LogP contribution in [0.3, 0.4) is 0 Å². The fourth-order valence-electron chi connectivity index (χ4n) is 6.17. The molecular formula is C44H28O. The molecule has 0 aliphatic heterocycles. The van der Waals surface area contributed by atoms with Crippen molar-refractivity contribution in [3.05, 3.63) is 170 Å². The van der Waals surface area contributed by atoms with E-state index in [4.69, 9.17) is 15.4 Å². The number of benzene rings is 8. The van der Waals surface area contributed by atoms with E-state index in [1.807, 2.05) is 66.7 Å². The molecule has 8 aromatic carbocycles. The first-order valence-corrected chi connectivity index (χ1v) is 14.5. The van der Waals surface area contributed by atoms with Crippen molar-refractivity contribution in [1.29, 1.82) is 0 Å². The van der Waals surface area contributed by atoms with Crippen molar-refractivity contribution in [3.8, 4) is 44.5 Å². The lowest BCUT2D eigenvalue weighted by molar-refractivity contribution is 0.669. The second-order valence-corrected chi connectivity index (χ2v) is 10.8. The molecule has 0 fully saturated rings. The number of hydrogen-bond donors (Lipinski definition) is 0. The highest BCUT2D eigenvalue weighted by atomic mass is 16.3. The third kappa shape index (κ3) is 4.24. The Morgan fingerprint density at radius 2 is 0.800 bits per heavy atom. The normalized spacial score (nSPS) is 15.0. The summed E-state index contributed by atoms with van der Waals surface area (Å²) in [7, 11) is 0. The molecule has 1 heteroatoms. The van der Waals surface area contributed by atoms with Gasteiger partial charge < -0.3 is 4.42 Å².